The van der Waals surface area contributed by atoms with Gasteiger partial charge in [-0.25, -0.2) is 9.07 Å². The van der Waals surface area contributed by atoms with Crippen molar-refractivity contribution in [3.05, 3.63) is 76.8 Å². The highest BCUT2D eigenvalue weighted by Crippen LogP contribution is 2.16. The summed E-state index contributed by atoms with van der Waals surface area (Å²) in [6.07, 6.45) is 2.63. The molecule has 0 aliphatic carbocycles. The number of rotatable bonds is 5. The zero-order valence-electron chi connectivity index (χ0n) is 13.9. The average molecular weight is 433 g/mol. The molecule has 2 aromatic carbocycles. The molecule has 27 heavy (non-hydrogen) atoms. The predicted octanol–water partition coefficient (Wildman–Crippen LogP) is 2.61. The van der Waals surface area contributed by atoms with Crippen LogP contribution in [0.3, 0.4) is 0 Å². The zero-order chi connectivity index (χ0) is 19.2. The van der Waals surface area contributed by atoms with Crippen molar-refractivity contribution >= 4 is 27.7 Å². The Hall–Kier alpha value is -3.20. The van der Waals surface area contributed by atoms with E-state index in [4.69, 9.17) is 4.74 Å². The number of halogens is 2. The number of aromatic nitrogens is 2. The summed E-state index contributed by atoms with van der Waals surface area (Å²) in [5.41, 5.74) is 4.86. The van der Waals surface area contributed by atoms with Crippen molar-refractivity contribution in [3.8, 4) is 11.4 Å². The van der Waals surface area contributed by atoms with E-state index in [-0.39, 0.29) is 17.9 Å². The van der Waals surface area contributed by atoms with Crippen LogP contribution in [0.4, 0.5) is 4.39 Å². The smallest absolute Gasteiger partial charge is 0.276 e. The fourth-order valence-corrected chi connectivity index (χ4v) is 2.39. The van der Waals surface area contributed by atoms with E-state index in [2.05, 4.69) is 31.9 Å². The fraction of sp³-hybridized carbons (Fsp3) is 0.0556. The van der Waals surface area contributed by atoms with Crippen LogP contribution in [0.5, 0.6) is 5.75 Å². The van der Waals surface area contributed by atoms with Crippen LogP contribution in [0.2, 0.25) is 0 Å². The lowest BCUT2D eigenvalue weighted by molar-refractivity contribution is -0.123. The predicted molar refractivity (Wildman–Crippen MR) is 98.8 cm³/mol. The molecule has 0 aliphatic rings. The highest BCUT2D eigenvalue weighted by molar-refractivity contribution is 9.10. The first kappa shape index (κ1) is 18.6. The Morgan fingerprint density at radius 3 is 2.59 bits per heavy atom. The van der Waals surface area contributed by atoms with Crippen molar-refractivity contribution in [1.82, 2.24) is 20.6 Å². The van der Waals surface area contributed by atoms with Gasteiger partial charge in [0.25, 0.3) is 11.8 Å². The minimum Gasteiger partial charge on any atom is -0.484 e. The van der Waals surface area contributed by atoms with Crippen molar-refractivity contribution in [2.75, 3.05) is 6.61 Å². The van der Waals surface area contributed by atoms with Crippen LogP contribution in [0.25, 0.3) is 5.69 Å². The summed E-state index contributed by atoms with van der Waals surface area (Å²) in [5, 5.41) is 3.95. The molecule has 9 heteroatoms. The van der Waals surface area contributed by atoms with Gasteiger partial charge in [-0.3, -0.25) is 20.4 Å². The average Bonchev–Trinajstić information content (AvgIpc) is 3.16. The molecule has 0 bridgehead atoms. The quantitative estimate of drug-likeness (QED) is 0.606. The molecule has 1 heterocycles. The number of carbonyl (C=O) groups excluding carboxylic acids is 2. The van der Waals surface area contributed by atoms with Crippen molar-refractivity contribution in [3.63, 3.8) is 0 Å². The Labute approximate surface area is 162 Å². The summed E-state index contributed by atoms with van der Waals surface area (Å²) in [5.74, 6) is -1.07. The van der Waals surface area contributed by atoms with E-state index >= 15 is 0 Å². The van der Waals surface area contributed by atoms with Gasteiger partial charge in [0, 0.05) is 10.7 Å². The van der Waals surface area contributed by atoms with Crippen LogP contribution in [-0.4, -0.2) is 28.2 Å². The number of para-hydroxylation sites is 1. The first-order chi connectivity index (χ1) is 13.0. The highest BCUT2D eigenvalue weighted by Gasteiger charge is 2.12. The summed E-state index contributed by atoms with van der Waals surface area (Å²) in [6.45, 7) is -0.267. The Kier molecular flexibility index (Phi) is 5.82. The third kappa shape index (κ3) is 4.91. The lowest BCUT2D eigenvalue weighted by Gasteiger charge is -2.08. The lowest BCUT2D eigenvalue weighted by atomic mass is 10.3. The maximum absolute atomic E-state index is 13.8. The van der Waals surface area contributed by atoms with Crippen LogP contribution in [0, 0.1) is 5.82 Å². The van der Waals surface area contributed by atoms with Crippen LogP contribution in [0.15, 0.2) is 65.4 Å². The Bertz CT molecular complexity index is 959. The molecule has 2 amide bonds. The first-order valence-electron chi connectivity index (χ1n) is 7.80. The standard InChI is InChI=1S/C18H14BrFN4O3/c19-13-5-7-14(8-6-13)27-11-17(25)22-23-18(26)12-9-21-24(10-12)16-4-2-1-3-15(16)20/h1-10H,11H2,(H,22,25)(H,23,26). The van der Waals surface area contributed by atoms with Gasteiger partial charge in [0.2, 0.25) is 0 Å². The second kappa shape index (κ2) is 8.45. The van der Waals surface area contributed by atoms with Gasteiger partial charge in [0.15, 0.2) is 6.61 Å². The minimum atomic E-state index is -0.588. The molecule has 0 aliphatic heterocycles. The molecule has 2 N–H and O–H groups in total. The number of benzene rings is 2. The van der Waals surface area contributed by atoms with E-state index in [1.807, 2.05) is 0 Å². The maximum atomic E-state index is 13.8. The van der Waals surface area contributed by atoms with Gasteiger partial charge in [-0.05, 0) is 36.4 Å². The molecule has 0 atom stereocenters. The van der Waals surface area contributed by atoms with Gasteiger partial charge in [-0.1, -0.05) is 28.1 Å². The number of ether oxygens (including phenoxy) is 1. The number of hydrazine groups is 1. The molecule has 3 rings (SSSR count). The van der Waals surface area contributed by atoms with Crippen LogP contribution < -0.4 is 15.6 Å². The lowest BCUT2D eigenvalue weighted by Crippen LogP contribution is -2.43. The van der Waals surface area contributed by atoms with E-state index in [1.165, 1.54) is 29.2 Å². The van der Waals surface area contributed by atoms with E-state index in [0.717, 1.165) is 4.47 Å². The van der Waals surface area contributed by atoms with Gasteiger partial charge in [-0.15, -0.1) is 0 Å². The van der Waals surface area contributed by atoms with Gasteiger partial charge < -0.3 is 4.74 Å². The monoisotopic (exact) mass is 432 g/mol. The molecule has 0 spiro atoms. The van der Waals surface area contributed by atoms with Crippen LogP contribution in [-0.2, 0) is 4.79 Å². The van der Waals surface area contributed by atoms with Gasteiger partial charge in [-0.2, -0.15) is 5.10 Å². The molecule has 138 valence electrons. The van der Waals surface area contributed by atoms with Gasteiger partial charge in [0.05, 0.1) is 11.8 Å². The molecular formula is C18H14BrFN4O3. The summed E-state index contributed by atoms with van der Waals surface area (Å²) < 4.78 is 21.2. The van der Waals surface area contributed by atoms with Crippen molar-refractivity contribution < 1.29 is 18.7 Å². The fourth-order valence-electron chi connectivity index (χ4n) is 2.12. The summed E-state index contributed by atoms with van der Waals surface area (Å²) >= 11 is 3.30. The van der Waals surface area contributed by atoms with Crippen LogP contribution in [0.1, 0.15) is 10.4 Å². The third-order valence-corrected chi connectivity index (χ3v) is 3.97. The van der Waals surface area contributed by atoms with Crippen molar-refractivity contribution in [2.45, 2.75) is 0 Å². The van der Waals surface area contributed by atoms with Crippen molar-refractivity contribution in [1.29, 1.82) is 0 Å². The molecule has 0 unspecified atom stereocenters. The molecule has 0 saturated heterocycles. The van der Waals surface area contributed by atoms with Gasteiger partial charge in [0.1, 0.15) is 17.3 Å². The maximum Gasteiger partial charge on any atom is 0.276 e. The topological polar surface area (TPSA) is 85.2 Å². The zero-order valence-corrected chi connectivity index (χ0v) is 15.4. The Morgan fingerprint density at radius 2 is 1.85 bits per heavy atom. The Balaban J connectivity index is 1.51. The minimum absolute atomic E-state index is 0.160. The molecule has 0 fully saturated rings. The molecule has 7 nitrogen and oxygen atoms in total. The largest absolute Gasteiger partial charge is 0.484 e. The first-order valence-corrected chi connectivity index (χ1v) is 8.59. The second-order valence-electron chi connectivity index (χ2n) is 5.37. The molecular weight excluding hydrogens is 419 g/mol. The summed E-state index contributed by atoms with van der Waals surface area (Å²) in [6, 6.07) is 13.0. The van der Waals surface area contributed by atoms with E-state index in [1.54, 1.807) is 36.4 Å². The van der Waals surface area contributed by atoms with Gasteiger partial charge >= 0.3 is 0 Å². The summed E-state index contributed by atoms with van der Waals surface area (Å²) in [4.78, 5) is 23.8. The number of hydrogen-bond acceptors (Lipinski definition) is 4. The number of hydrogen-bond donors (Lipinski definition) is 2. The third-order valence-electron chi connectivity index (χ3n) is 3.44. The van der Waals surface area contributed by atoms with E-state index < -0.39 is 17.6 Å². The molecule has 0 radical (unpaired) electrons. The summed E-state index contributed by atoms with van der Waals surface area (Å²) in [7, 11) is 0. The van der Waals surface area contributed by atoms with E-state index in [9.17, 15) is 14.0 Å². The number of nitrogens with zero attached hydrogens (tertiary/aromatic N) is 2. The molecule has 1 aromatic heterocycles. The Morgan fingerprint density at radius 1 is 1.11 bits per heavy atom. The second-order valence-corrected chi connectivity index (χ2v) is 6.29. The number of carbonyl (C=O) groups is 2. The molecule has 3 aromatic rings. The highest BCUT2D eigenvalue weighted by atomic mass is 79.9. The normalized spacial score (nSPS) is 10.3. The van der Waals surface area contributed by atoms with E-state index in [0.29, 0.717) is 5.75 Å². The SMILES string of the molecule is O=C(COc1ccc(Br)cc1)NNC(=O)c1cnn(-c2ccccc2F)c1. The van der Waals surface area contributed by atoms with Crippen molar-refractivity contribution in [2.24, 2.45) is 0 Å². The number of amides is 2. The molecule has 0 saturated carbocycles. The van der Waals surface area contributed by atoms with Crippen LogP contribution >= 0.6 is 15.9 Å². The number of nitrogens with one attached hydrogen (secondary N) is 2.